The van der Waals surface area contributed by atoms with Crippen LogP contribution in [-0.4, -0.2) is 47.5 Å². The number of aromatic nitrogens is 1. The highest BCUT2D eigenvalue weighted by atomic mass is 16.2. The van der Waals surface area contributed by atoms with E-state index in [1.165, 1.54) is 0 Å². The first-order valence-electron chi connectivity index (χ1n) is 7.94. The van der Waals surface area contributed by atoms with E-state index in [0.717, 1.165) is 50.9 Å². The van der Waals surface area contributed by atoms with E-state index in [1.54, 1.807) is 6.20 Å². The van der Waals surface area contributed by atoms with Crippen molar-refractivity contribution in [1.82, 2.24) is 15.2 Å². The summed E-state index contributed by atoms with van der Waals surface area (Å²) in [4.78, 5) is 19.2. The third kappa shape index (κ3) is 3.41. The molecule has 5 nitrogen and oxygen atoms in total. The predicted octanol–water partition coefficient (Wildman–Crippen LogP) is 1.54. The van der Waals surface area contributed by atoms with Crippen LogP contribution >= 0.6 is 0 Å². The highest BCUT2D eigenvalue weighted by molar-refractivity contribution is 5.94. The van der Waals surface area contributed by atoms with Crippen LogP contribution in [0.25, 0.3) is 0 Å². The van der Waals surface area contributed by atoms with Gasteiger partial charge in [0.1, 0.15) is 5.82 Å². The minimum atomic E-state index is 0.00964. The molecular weight excluding hydrogens is 264 g/mol. The molecule has 2 saturated heterocycles. The third-order valence-corrected chi connectivity index (χ3v) is 4.54. The van der Waals surface area contributed by atoms with Gasteiger partial charge in [0.2, 0.25) is 5.91 Å². The van der Waals surface area contributed by atoms with Gasteiger partial charge in [0.05, 0.1) is 6.04 Å². The smallest absolute Gasteiger partial charge is 0.242 e. The van der Waals surface area contributed by atoms with Crippen LogP contribution in [0.5, 0.6) is 0 Å². The van der Waals surface area contributed by atoms with E-state index in [-0.39, 0.29) is 11.9 Å². The summed E-state index contributed by atoms with van der Waals surface area (Å²) >= 11 is 0. The van der Waals surface area contributed by atoms with E-state index >= 15 is 0 Å². The molecule has 21 heavy (non-hydrogen) atoms. The second-order valence-corrected chi connectivity index (χ2v) is 6.08. The highest BCUT2D eigenvalue weighted by Gasteiger charge is 2.35. The third-order valence-electron chi connectivity index (χ3n) is 4.54. The van der Waals surface area contributed by atoms with Gasteiger partial charge in [-0.05, 0) is 69.9 Å². The Labute approximate surface area is 126 Å². The predicted molar refractivity (Wildman–Crippen MR) is 83.2 cm³/mol. The van der Waals surface area contributed by atoms with Crippen LogP contribution in [-0.2, 0) is 4.79 Å². The minimum Gasteiger partial charge on any atom is -0.317 e. The Bertz CT molecular complexity index is 499. The molecule has 2 N–H and O–H groups in total. The van der Waals surface area contributed by atoms with Gasteiger partial charge in [-0.1, -0.05) is 0 Å². The molecule has 3 rings (SSSR count). The maximum absolute atomic E-state index is 12.6. The second-order valence-electron chi connectivity index (χ2n) is 6.08. The number of likely N-dealkylation sites (tertiary alicyclic amines) is 1. The average molecular weight is 288 g/mol. The number of pyridine rings is 1. The summed E-state index contributed by atoms with van der Waals surface area (Å²) in [5.41, 5.74) is 1.11. The summed E-state index contributed by atoms with van der Waals surface area (Å²) in [5.74, 6) is 0.765. The second kappa shape index (κ2) is 6.54. The molecule has 1 unspecified atom stereocenters. The Morgan fingerprint density at radius 2 is 2.19 bits per heavy atom. The number of hydrogen-bond donors (Lipinski definition) is 2. The van der Waals surface area contributed by atoms with E-state index in [2.05, 4.69) is 20.5 Å². The average Bonchev–Trinajstić information content (AvgIpc) is 2.98. The van der Waals surface area contributed by atoms with Crippen LogP contribution in [0.3, 0.4) is 0 Å². The van der Waals surface area contributed by atoms with Crippen LogP contribution in [0.15, 0.2) is 18.3 Å². The molecule has 2 fully saturated rings. The highest BCUT2D eigenvalue weighted by Crippen LogP contribution is 2.25. The molecule has 0 radical (unpaired) electrons. The zero-order valence-corrected chi connectivity index (χ0v) is 12.6. The molecule has 0 spiro atoms. The van der Waals surface area contributed by atoms with E-state index < -0.39 is 0 Å². The molecule has 114 valence electrons. The number of nitrogens with zero attached hydrogens (tertiary/aromatic N) is 2. The molecule has 0 bridgehead atoms. The molecule has 1 amide bonds. The van der Waals surface area contributed by atoms with Gasteiger partial charge in [-0.15, -0.1) is 0 Å². The fourth-order valence-electron chi connectivity index (χ4n) is 3.46. The zero-order chi connectivity index (χ0) is 14.7. The minimum absolute atomic E-state index is 0.00964. The molecule has 2 aliphatic rings. The number of piperidine rings is 1. The van der Waals surface area contributed by atoms with Crippen molar-refractivity contribution in [2.75, 3.05) is 25.0 Å². The Morgan fingerprint density at radius 3 is 2.95 bits per heavy atom. The Kier molecular flexibility index (Phi) is 4.51. The summed E-state index contributed by atoms with van der Waals surface area (Å²) in [6, 6.07) is 4.42. The normalized spacial score (nSPS) is 24.1. The quantitative estimate of drug-likeness (QED) is 0.886. The first-order valence-corrected chi connectivity index (χ1v) is 7.94. The Hall–Kier alpha value is -1.46. The van der Waals surface area contributed by atoms with Crippen LogP contribution < -0.4 is 10.6 Å². The standard InChI is InChI=1S/C16H24N4O/c1-12-4-9-18-15(11-12)19-16(21)14-3-2-10-20(14)13-5-7-17-8-6-13/h4,9,11,13-14,17H,2-3,5-8,10H2,1H3,(H,18,19,21). The van der Waals surface area contributed by atoms with E-state index in [1.807, 2.05) is 19.1 Å². The molecule has 0 saturated carbocycles. The molecule has 0 aliphatic carbocycles. The van der Waals surface area contributed by atoms with Gasteiger partial charge in [-0.2, -0.15) is 0 Å². The number of aryl methyl sites for hydroxylation is 1. The zero-order valence-electron chi connectivity index (χ0n) is 12.6. The lowest BCUT2D eigenvalue weighted by Gasteiger charge is -2.35. The fourth-order valence-corrected chi connectivity index (χ4v) is 3.46. The van der Waals surface area contributed by atoms with Gasteiger partial charge in [-0.3, -0.25) is 9.69 Å². The van der Waals surface area contributed by atoms with Gasteiger partial charge in [0.25, 0.3) is 0 Å². The molecule has 0 aromatic carbocycles. The van der Waals surface area contributed by atoms with Crippen LogP contribution in [0, 0.1) is 6.92 Å². The van der Waals surface area contributed by atoms with Crippen LogP contribution in [0.2, 0.25) is 0 Å². The van der Waals surface area contributed by atoms with Gasteiger partial charge in [0.15, 0.2) is 0 Å². The number of nitrogens with one attached hydrogen (secondary N) is 2. The van der Waals surface area contributed by atoms with Gasteiger partial charge in [0, 0.05) is 12.2 Å². The summed E-state index contributed by atoms with van der Waals surface area (Å²) < 4.78 is 0. The van der Waals surface area contributed by atoms with Gasteiger partial charge >= 0.3 is 0 Å². The van der Waals surface area contributed by atoms with E-state index in [0.29, 0.717) is 11.9 Å². The van der Waals surface area contributed by atoms with Crippen molar-refractivity contribution >= 4 is 11.7 Å². The van der Waals surface area contributed by atoms with E-state index in [4.69, 9.17) is 0 Å². The van der Waals surface area contributed by atoms with Crippen molar-refractivity contribution in [2.45, 2.75) is 44.7 Å². The van der Waals surface area contributed by atoms with Crippen molar-refractivity contribution in [1.29, 1.82) is 0 Å². The number of hydrogen-bond acceptors (Lipinski definition) is 4. The van der Waals surface area contributed by atoms with Crippen LogP contribution in [0.1, 0.15) is 31.2 Å². The number of carbonyl (C=O) groups excluding carboxylic acids is 1. The fraction of sp³-hybridized carbons (Fsp3) is 0.625. The maximum Gasteiger partial charge on any atom is 0.242 e. The van der Waals surface area contributed by atoms with Crippen molar-refractivity contribution in [3.05, 3.63) is 23.9 Å². The Balaban J connectivity index is 1.65. The van der Waals surface area contributed by atoms with Crippen molar-refractivity contribution < 1.29 is 4.79 Å². The Morgan fingerprint density at radius 1 is 1.38 bits per heavy atom. The molecule has 5 heteroatoms. The summed E-state index contributed by atoms with van der Waals surface area (Å²) in [6.07, 6.45) is 6.11. The first-order chi connectivity index (χ1) is 10.2. The topological polar surface area (TPSA) is 57.3 Å². The summed E-state index contributed by atoms with van der Waals surface area (Å²) in [6.45, 7) is 5.18. The largest absolute Gasteiger partial charge is 0.317 e. The van der Waals surface area contributed by atoms with Gasteiger partial charge < -0.3 is 10.6 Å². The first kappa shape index (κ1) is 14.5. The molecule has 1 aromatic heterocycles. The van der Waals surface area contributed by atoms with Crippen molar-refractivity contribution in [3.63, 3.8) is 0 Å². The molecule has 3 heterocycles. The summed E-state index contributed by atoms with van der Waals surface area (Å²) in [7, 11) is 0. The van der Waals surface area contributed by atoms with Crippen molar-refractivity contribution in [2.24, 2.45) is 0 Å². The number of rotatable bonds is 3. The molecule has 1 aromatic rings. The number of amides is 1. The molecule has 2 aliphatic heterocycles. The SMILES string of the molecule is Cc1ccnc(NC(=O)C2CCCN2C2CCNCC2)c1. The molecule has 1 atom stereocenters. The van der Waals surface area contributed by atoms with Gasteiger partial charge in [-0.25, -0.2) is 4.98 Å². The maximum atomic E-state index is 12.6. The number of carbonyl (C=O) groups is 1. The van der Waals surface area contributed by atoms with Crippen LogP contribution in [0.4, 0.5) is 5.82 Å². The molecular formula is C16H24N4O. The lowest BCUT2D eigenvalue weighted by Crippen LogP contribution is -2.49. The monoisotopic (exact) mass is 288 g/mol. The van der Waals surface area contributed by atoms with E-state index in [9.17, 15) is 4.79 Å². The lowest BCUT2D eigenvalue weighted by atomic mass is 10.0. The van der Waals surface area contributed by atoms with Crippen molar-refractivity contribution in [3.8, 4) is 0 Å². The lowest BCUT2D eigenvalue weighted by molar-refractivity contribution is -0.121. The number of anilines is 1. The summed E-state index contributed by atoms with van der Waals surface area (Å²) in [5, 5.41) is 6.38.